The summed E-state index contributed by atoms with van der Waals surface area (Å²) in [7, 11) is 0. The summed E-state index contributed by atoms with van der Waals surface area (Å²) in [6.45, 7) is 0. The Balaban J connectivity index is 2.50. The van der Waals surface area contributed by atoms with Crippen LogP contribution in [-0.4, -0.2) is 32.2 Å². The van der Waals surface area contributed by atoms with Crippen LogP contribution >= 0.6 is 0 Å². The zero-order valence-corrected chi connectivity index (χ0v) is 9.03. The molecule has 2 rings (SSSR count). The van der Waals surface area contributed by atoms with E-state index >= 15 is 0 Å². The summed E-state index contributed by atoms with van der Waals surface area (Å²) in [4.78, 5) is 25.1. The van der Waals surface area contributed by atoms with Crippen molar-refractivity contribution in [3.63, 3.8) is 0 Å². The molecule has 0 spiro atoms. The number of aliphatic hydroxyl groups excluding tert-OH is 1. The molecule has 0 amide bonds. The summed E-state index contributed by atoms with van der Waals surface area (Å²) in [5.74, 6) is -2.89. The van der Waals surface area contributed by atoms with Gasteiger partial charge >= 0.3 is 11.9 Å². The Bertz CT molecular complexity index is 617. The fraction of sp³-hybridized carbons (Fsp3) is 0.182. The van der Waals surface area contributed by atoms with Gasteiger partial charge in [-0.3, -0.25) is 4.79 Å². The highest BCUT2D eigenvalue weighted by Gasteiger charge is 2.23. The van der Waals surface area contributed by atoms with Crippen molar-refractivity contribution in [3.8, 4) is 0 Å². The number of aliphatic hydroxyl groups is 1. The summed E-state index contributed by atoms with van der Waals surface area (Å²) in [5, 5.41) is 26.7. The normalized spacial score (nSPS) is 12.5. The number of carbonyl (C=O) groups is 2. The van der Waals surface area contributed by atoms with Gasteiger partial charge in [0.05, 0.1) is 6.42 Å². The molecule has 0 saturated heterocycles. The molecule has 1 unspecified atom stereocenters. The van der Waals surface area contributed by atoms with Crippen LogP contribution < -0.4 is 0 Å². The number of oxazole rings is 1. The summed E-state index contributed by atoms with van der Waals surface area (Å²) in [6.07, 6.45) is -2.12. The Hall–Kier alpha value is -2.41. The topological polar surface area (TPSA) is 121 Å². The third-order valence-corrected chi connectivity index (χ3v) is 2.33. The smallest absolute Gasteiger partial charge is 0.342 e. The number of carboxylic acid groups (broad SMARTS) is 2. The molecular formula is C11H9NO6. The van der Waals surface area contributed by atoms with Crippen LogP contribution in [0.3, 0.4) is 0 Å². The Kier molecular flexibility index (Phi) is 2.99. The molecule has 1 aromatic carbocycles. The van der Waals surface area contributed by atoms with E-state index in [1.807, 2.05) is 0 Å². The molecule has 7 nitrogen and oxygen atoms in total. The van der Waals surface area contributed by atoms with Crippen molar-refractivity contribution in [1.82, 2.24) is 4.98 Å². The van der Waals surface area contributed by atoms with Crippen molar-refractivity contribution >= 4 is 23.0 Å². The van der Waals surface area contributed by atoms with Crippen molar-refractivity contribution < 1.29 is 29.3 Å². The summed E-state index contributed by atoms with van der Waals surface area (Å²) in [6, 6.07) is 4.64. The molecule has 0 aliphatic carbocycles. The third-order valence-electron chi connectivity index (χ3n) is 2.33. The van der Waals surface area contributed by atoms with Gasteiger partial charge in [-0.25, -0.2) is 9.78 Å². The second-order valence-electron chi connectivity index (χ2n) is 3.63. The Labute approximate surface area is 100 Å². The molecule has 1 aromatic heterocycles. The molecule has 3 N–H and O–H groups in total. The van der Waals surface area contributed by atoms with Gasteiger partial charge in [0.1, 0.15) is 5.52 Å². The molecule has 1 atom stereocenters. The first kappa shape index (κ1) is 12.1. The molecule has 2 aromatic rings. The van der Waals surface area contributed by atoms with Crippen molar-refractivity contribution in [2.45, 2.75) is 12.5 Å². The molecule has 0 aliphatic rings. The van der Waals surface area contributed by atoms with E-state index in [2.05, 4.69) is 4.98 Å². The maximum atomic E-state index is 10.7. The van der Waals surface area contributed by atoms with E-state index in [0.717, 1.165) is 0 Å². The molecule has 94 valence electrons. The minimum absolute atomic E-state index is 0.240. The number of aromatic nitrogens is 1. The number of hydrogen-bond donors (Lipinski definition) is 3. The van der Waals surface area contributed by atoms with Crippen LogP contribution in [-0.2, 0) is 16.0 Å². The van der Waals surface area contributed by atoms with Crippen LogP contribution in [0.5, 0.6) is 0 Å². The maximum absolute atomic E-state index is 10.7. The molecule has 0 bridgehead atoms. The van der Waals surface area contributed by atoms with Crippen LogP contribution in [0, 0.1) is 0 Å². The molecule has 0 radical (unpaired) electrons. The summed E-state index contributed by atoms with van der Waals surface area (Å²) < 4.78 is 5.08. The Morgan fingerprint density at radius 3 is 2.67 bits per heavy atom. The van der Waals surface area contributed by atoms with Crippen molar-refractivity contribution in [1.29, 1.82) is 0 Å². The molecule has 1 heterocycles. The number of para-hydroxylation sites is 1. The van der Waals surface area contributed by atoms with Gasteiger partial charge in [0, 0.05) is 0 Å². The predicted octanol–water partition coefficient (Wildman–Crippen LogP) is 0.573. The Morgan fingerprint density at radius 1 is 1.33 bits per heavy atom. The lowest BCUT2D eigenvalue weighted by Crippen LogP contribution is -2.10. The van der Waals surface area contributed by atoms with Crippen LogP contribution in [0.1, 0.15) is 17.6 Å². The largest absolute Gasteiger partial charge is 0.481 e. The third kappa shape index (κ3) is 2.16. The van der Waals surface area contributed by atoms with E-state index in [0.29, 0.717) is 5.56 Å². The van der Waals surface area contributed by atoms with Crippen LogP contribution in [0.4, 0.5) is 0 Å². The minimum Gasteiger partial charge on any atom is -0.481 e. The van der Waals surface area contributed by atoms with E-state index in [9.17, 15) is 14.7 Å². The number of nitrogens with zero attached hydrogens (tertiary/aromatic N) is 1. The van der Waals surface area contributed by atoms with Gasteiger partial charge in [0.15, 0.2) is 5.58 Å². The molecule has 0 aliphatic heterocycles. The van der Waals surface area contributed by atoms with E-state index in [-0.39, 0.29) is 23.4 Å². The van der Waals surface area contributed by atoms with Crippen LogP contribution in [0.2, 0.25) is 0 Å². The quantitative estimate of drug-likeness (QED) is 0.726. The van der Waals surface area contributed by atoms with E-state index < -0.39 is 18.0 Å². The van der Waals surface area contributed by atoms with Crippen LogP contribution in [0.25, 0.3) is 11.1 Å². The van der Waals surface area contributed by atoms with Gasteiger partial charge in [0.25, 0.3) is 0 Å². The van der Waals surface area contributed by atoms with Gasteiger partial charge in [0.2, 0.25) is 12.0 Å². The lowest BCUT2D eigenvalue weighted by atomic mass is 10.1. The molecule has 18 heavy (non-hydrogen) atoms. The van der Waals surface area contributed by atoms with Gasteiger partial charge < -0.3 is 19.7 Å². The standard InChI is InChI=1S/C11H9NO6/c13-7(14)4-5-2-1-3-6-8(5)12-10(18-6)9(15)11(16)17/h1-3,9,15H,4H2,(H,13,14)(H,16,17). The lowest BCUT2D eigenvalue weighted by Gasteiger charge is -1.97. The first-order valence-electron chi connectivity index (χ1n) is 5.00. The lowest BCUT2D eigenvalue weighted by molar-refractivity contribution is -0.148. The highest BCUT2D eigenvalue weighted by Crippen LogP contribution is 2.23. The minimum atomic E-state index is -1.87. The molecular weight excluding hydrogens is 242 g/mol. The highest BCUT2D eigenvalue weighted by molar-refractivity contribution is 5.83. The SMILES string of the molecule is O=C(O)Cc1cccc2oc(C(O)C(=O)O)nc12. The maximum Gasteiger partial charge on any atom is 0.342 e. The first-order valence-corrected chi connectivity index (χ1v) is 5.00. The summed E-state index contributed by atoms with van der Waals surface area (Å²) >= 11 is 0. The zero-order chi connectivity index (χ0) is 13.3. The van der Waals surface area contributed by atoms with Crippen molar-refractivity contribution in [3.05, 3.63) is 29.7 Å². The average molecular weight is 251 g/mol. The van der Waals surface area contributed by atoms with Crippen molar-refractivity contribution in [2.24, 2.45) is 0 Å². The van der Waals surface area contributed by atoms with Gasteiger partial charge in [-0.15, -0.1) is 0 Å². The molecule has 0 fully saturated rings. The number of rotatable bonds is 4. The van der Waals surface area contributed by atoms with Gasteiger partial charge in [-0.05, 0) is 11.6 Å². The number of fused-ring (bicyclic) bond motifs is 1. The van der Waals surface area contributed by atoms with E-state index in [1.165, 1.54) is 6.07 Å². The Morgan fingerprint density at radius 2 is 2.06 bits per heavy atom. The zero-order valence-electron chi connectivity index (χ0n) is 9.03. The van der Waals surface area contributed by atoms with E-state index in [4.69, 9.17) is 14.6 Å². The van der Waals surface area contributed by atoms with Crippen molar-refractivity contribution in [2.75, 3.05) is 0 Å². The number of aliphatic carboxylic acids is 2. The highest BCUT2D eigenvalue weighted by atomic mass is 16.4. The fourth-order valence-electron chi connectivity index (χ4n) is 1.55. The molecule has 7 heteroatoms. The second kappa shape index (κ2) is 4.46. The predicted molar refractivity (Wildman–Crippen MR) is 57.9 cm³/mol. The number of carboxylic acids is 2. The second-order valence-corrected chi connectivity index (χ2v) is 3.63. The van der Waals surface area contributed by atoms with Crippen LogP contribution in [0.15, 0.2) is 22.6 Å². The van der Waals surface area contributed by atoms with E-state index in [1.54, 1.807) is 12.1 Å². The first-order chi connectivity index (χ1) is 8.49. The fourth-order valence-corrected chi connectivity index (χ4v) is 1.55. The number of hydrogen-bond acceptors (Lipinski definition) is 5. The van der Waals surface area contributed by atoms with Gasteiger partial charge in [-0.2, -0.15) is 0 Å². The monoisotopic (exact) mass is 251 g/mol. The number of benzene rings is 1. The summed E-state index contributed by atoms with van der Waals surface area (Å²) in [5.41, 5.74) is 0.881. The molecule has 0 saturated carbocycles. The van der Waals surface area contributed by atoms with Gasteiger partial charge in [-0.1, -0.05) is 12.1 Å². The average Bonchev–Trinajstić information content (AvgIpc) is 2.72.